The van der Waals surface area contributed by atoms with Gasteiger partial charge in [0, 0.05) is 37.5 Å². The molecule has 9 heteroatoms. The number of hydrogen-bond acceptors (Lipinski definition) is 1. The Hall–Kier alpha value is -0.418. The molecule has 1 nitrogen and oxygen atoms in total. The molecule has 136 valence electrons. The summed E-state index contributed by atoms with van der Waals surface area (Å²) in [5.41, 5.74) is -4.50. The van der Waals surface area contributed by atoms with Crippen LogP contribution in [0.1, 0.15) is 25.3 Å². The van der Waals surface area contributed by atoms with Gasteiger partial charge in [-0.15, -0.1) is 0 Å². The van der Waals surface area contributed by atoms with Crippen molar-refractivity contribution in [3.05, 3.63) is 36.8 Å². The molecule has 1 atom stereocenters. The first-order chi connectivity index (χ1) is 10.4. The van der Waals surface area contributed by atoms with Gasteiger partial charge in [0.15, 0.2) is 0 Å². The van der Waals surface area contributed by atoms with Gasteiger partial charge in [-0.05, 0) is 18.6 Å². The molecule has 0 spiro atoms. The van der Waals surface area contributed by atoms with Gasteiger partial charge in [0.25, 0.3) is 0 Å². The molecule has 0 radical (unpaired) electrons. The summed E-state index contributed by atoms with van der Waals surface area (Å²) in [6.45, 7) is 4.95. The SMILES string of the molecule is [CH2-]Cc1ccc(OC(CC)CC(F)(C(F)(F)F)C(F)(F)F)cc1.[U]. The standard InChI is InChI=1S/C15H16F7O.U/c1-3-10-5-7-12(8-6-10)23-11(4-2)9-13(16,14(17,18)19)15(20,21)22;/h5-8,11H,1,3-4,9H2,2H3;/q-1;. The van der Waals surface area contributed by atoms with Crippen LogP contribution in [-0.4, -0.2) is 24.1 Å². The average Bonchev–Trinajstić information content (AvgIpc) is 2.44. The van der Waals surface area contributed by atoms with Crippen molar-refractivity contribution in [2.45, 2.75) is 50.3 Å². The van der Waals surface area contributed by atoms with Gasteiger partial charge < -0.3 is 11.7 Å². The molecule has 0 aromatic heterocycles. The number of halogens is 7. The molecule has 0 aliphatic carbocycles. The number of alkyl halides is 7. The predicted molar refractivity (Wildman–Crippen MR) is 70.8 cm³/mol. The van der Waals surface area contributed by atoms with Crippen LogP contribution in [0.25, 0.3) is 0 Å². The summed E-state index contributed by atoms with van der Waals surface area (Å²) in [7, 11) is 0. The summed E-state index contributed by atoms with van der Waals surface area (Å²) >= 11 is 0. The van der Waals surface area contributed by atoms with E-state index in [0.717, 1.165) is 5.56 Å². The normalized spacial score (nSPS) is 14.0. The van der Waals surface area contributed by atoms with Gasteiger partial charge >= 0.3 is 18.0 Å². The molecule has 1 rings (SSSR count). The van der Waals surface area contributed by atoms with Crippen LogP contribution in [-0.2, 0) is 6.42 Å². The molecule has 0 N–H and O–H groups in total. The van der Waals surface area contributed by atoms with Crippen molar-refractivity contribution in [2.75, 3.05) is 0 Å². The summed E-state index contributed by atoms with van der Waals surface area (Å²) in [5, 5.41) is 0. The van der Waals surface area contributed by atoms with Crippen molar-refractivity contribution in [1.82, 2.24) is 0 Å². The maximum absolute atomic E-state index is 13.7. The van der Waals surface area contributed by atoms with Crippen LogP contribution in [0.15, 0.2) is 24.3 Å². The van der Waals surface area contributed by atoms with Gasteiger partial charge in [-0.1, -0.05) is 24.6 Å². The van der Waals surface area contributed by atoms with Crippen molar-refractivity contribution in [1.29, 1.82) is 0 Å². The van der Waals surface area contributed by atoms with E-state index in [4.69, 9.17) is 4.74 Å². The third kappa shape index (κ3) is 5.55. The number of ether oxygens (including phenoxy) is 1. The zero-order chi connectivity index (χ0) is 17.9. The molecular weight excluding hydrogens is 567 g/mol. The van der Waals surface area contributed by atoms with Gasteiger partial charge in [0.05, 0.1) is 0 Å². The first-order valence-corrected chi connectivity index (χ1v) is 6.81. The molecule has 0 aliphatic heterocycles. The maximum atomic E-state index is 13.7. The second-order valence-electron chi connectivity index (χ2n) is 5.04. The van der Waals surface area contributed by atoms with Crippen LogP contribution in [0.4, 0.5) is 30.7 Å². The summed E-state index contributed by atoms with van der Waals surface area (Å²) in [5.74, 6) is 0.0701. The minimum absolute atomic E-state index is 0. The zero-order valence-corrected chi connectivity index (χ0v) is 16.9. The summed E-state index contributed by atoms with van der Waals surface area (Å²) in [4.78, 5) is 0. The van der Waals surface area contributed by atoms with Crippen molar-refractivity contribution in [3.63, 3.8) is 0 Å². The van der Waals surface area contributed by atoms with Crippen molar-refractivity contribution in [3.8, 4) is 5.75 Å². The first kappa shape index (κ1) is 23.6. The summed E-state index contributed by atoms with van der Waals surface area (Å²) in [6.07, 6.45) is -15.3. The van der Waals surface area contributed by atoms with Crippen LogP contribution < -0.4 is 4.74 Å². The quantitative estimate of drug-likeness (QED) is 0.320. The molecule has 0 heterocycles. The Kier molecular flexibility index (Phi) is 8.64. The first-order valence-electron chi connectivity index (χ1n) is 6.81. The molecule has 24 heavy (non-hydrogen) atoms. The smallest absolute Gasteiger partial charge is 0.431 e. The van der Waals surface area contributed by atoms with Gasteiger partial charge in [-0.2, -0.15) is 32.8 Å². The van der Waals surface area contributed by atoms with Crippen LogP contribution in [0.3, 0.4) is 0 Å². The second-order valence-corrected chi connectivity index (χ2v) is 5.04. The van der Waals surface area contributed by atoms with E-state index < -0.39 is 30.5 Å². The fraction of sp³-hybridized carbons (Fsp3) is 0.533. The molecule has 0 saturated carbocycles. The average molecular weight is 583 g/mol. The molecule has 0 fully saturated rings. The molecule has 0 bridgehead atoms. The molecular formula is C15H16F7OU-. The molecule has 0 amide bonds. The fourth-order valence-electron chi connectivity index (χ4n) is 1.90. The number of benzene rings is 1. The molecule has 1 unspecified atom stereocenters. The van der Waals surface area contributed by atoms with Gasteiger partial charge in [0.2, 0.25) is 0 Å². The second kappa shape index (κ2) is 8.80. The van der Waals surface area contributed by atoms with Crippen LogP contribution in [0.2, 0.25) is 0 Å². The topological polar surface area (TPSA) is 9.23 Å². The van der Waals surface area contributed by atoms with Gasteiger partial charge in [-0.3, -0.25) is 0 Å². The van der Waals surface area contributed by atoms with E-state index in [1.54, 1.807) is 12.1 Å². The third-order valence-electron chi connectivity index (χ3n) is 3.38. The minimum atomic E-state index is -6.07. The Morgan fingerprint density at radius 1 is 0.958 bits per heavy atom. The van der Waals surface area contributed by atoms with E-state index in [1.165, 1.54) is 19.1 Å². The van der Waals surface area contributed by atoms with Crippen molar-refractivity contribution < 1.29 is 66.6 Å². The fourth-order valence-corrected chi connectivity index (χ4v) is 1.90. The van der Waals surface area contributed by atoms with Crippen LogP contribution in [0, 0.1) is 38.0 Å². The van der Waals surface area contributed by atoms with E-state index in [2.05, 4.69) is 6.92 Å². The monoisotopic (exact) mass is 583 g/mol. The Morgan fingerprint density at radius 3 is 1.75 bits per heavy atom. The minimum Gasteiger partial charge on any atom is -0.490 e. The zero-order valence-electron chi connectivity index (χ0n) is 12.8. The number of rotatable bonds is 6. The van der Waals surface area contributed by atoms with Crippen LogP contribution >= 0.6 is 0 Å². The van der Waals surface area contributed by atoms with E-state index in [0.29, 0.717) is 6.42 Å². The summed E-state index contributed by atoms with van der Waals surface area (Å²) in [6, 6.07) is 5.94. The largest absolute Gasteiger partial charge is 0.490 e. The maximum Gasteiger partial charge on any atom is 0.431 e. The molecule has 1 aromatic rings. The Bertz CT molecular complexity index is 482. The molecule has 0 aliphatic rings. The Labute approximate surface area is 159 Å². The van der Waals surface area contributed by atoms with E-state index in [9.17, 15) is 30.7 Å². The van der Waals surface area contributed by atoms with Gasteiger partial charge in [-0.25, -0.2) is 4.39 Å². The van der Waals surface area contributed by atoms with Crippen molar-refractivity contribution >= 4 is 0 Å². The molecule has 1 aromatic carbocycles. The summed E-state index contributed by atoms with van der Waals surface area (Å²) < 4.78 is 94.3. The molecule has 0 saturated heterocycles. The van der Waals surface area contributed by atoms with Crippen LogP contribution in [0.5, 0.6) is 5.75 Å². The van der Waals surface area contributed by atoms with E-state index >= 15 is 0 Å². The predicted octanol–water partition coefficient (Wildman–Crippen LogP) is 5.44. The number of hydrogen-bond donors (Lipinski definition) is 0. The van der Waals surface area contributed by atoms with Gasteiger partial charge in [0.1, 0.15) is 11.9 Å². The Balaban J connectivity index is 0.00000529. The third-order valence-corrected chi connectivity index (χ3v) is 3.38. The van der Waals surface area contributed by atoms with Crippen molar-refractivity contribution in [2.24, 2.45) is 0 Å². The Morgan fingerprint density at radius 2 is 1.42 bits per heavy atom. The van der Waals surface area contributed by atoms with E-state index in [1.807, 2.05) is 0 Å². The van der Waals surface area contributed by atoms with E-state index in [-0.39, 0.29) is 43.3 Å².